The molecule has 1 heterocycles. The highest BCUT2D eigenvalue weighted by atomic mass is 16.1. The van der Waals surface area contributed by atoms with Crippen molar-refractivity contribution in [3.8, 4) is 6.07 Å². The average molecular weight is 292 g/mol. The first-order valence-corrected chi connectivity index (χ1v) is 8.14. The van der Waals surface area contributed by atoms with E-state index in [-0.39, 0.29) is 5.78 Å². The summed E-state index contributed by atoms with van der Waals surface area (Å²) in [5.74, 6) is -0.0273. The van der Waals surface area contributed by atoms with Crippen LogP contribution >= 0.6 is 0 Å². The molecule has 22 heavy (non-hydrogen) atoms. The van der Waals surface area contributed by atoms with Gasteiger partial charge in [-0.2, -0.15) is 5.26 Å². The lowest BCUT2D eigenvalue weighted by atomic mass is 9.85. The summed E-state index contributed by atoms with van der Waals surface area (Å²) in [5, 5.41) is 9.52. The maximum absolute atomic E-state index is 12.4. The van der Waals surface area contributed by atoms with Gasteiger partial charge in [0.1, 0.15) is 11.6 Å². The molecule has 0 amide bonds. The summed E-state index contributed by atoms with van der Waals surface area (Å²) >= 11 is 0. The molecule has 3 nitrogen and oxygen atoms in total. The van der Waals surface area contributed by atoms with Gasteiger partial charge in [-0.05, 0) is 49.7 Å². The second kappa shape index (κ2) is 4.71. The third-order valence-corrected chi connectivity index (χ3v) is 5.60. The fourth-order valence-corrected chi connectivity index (χ4v) is 3.92. The van der Waals surface area contributed by atoms with Gasteiger partial charge in [0.25, 0.3) is 0 Å². The first-order valence-electron chi connectivity index (χ1n) is 8.14. The van der Waals surface area contributed by atoms with Crippen LogP contribution in [0.25, 0.3) is 5.70 Å². The van der Waals surface area contributed by atoms with Gasteiger partial charge in [-0.25, -0.2) is 0 Å². The minimum Gasteiger partial charge on any atom is -0.370 e. The Bertz CT molecular complexity index is 724. The van der Waals surface area contributed by atoms with Crippen LogP contribution in [0.5, 0.6) is 0 Å². The van der Waals surface area contributed by atoms with Crippen molar-refractivity contribution in [1.29, 1.82) is 5.26 Å². The first kappa shape index (κ1) is 13.6. The predicted octanol–water partition coefficient (Wildman–Crippen LogP) is 3.23. The molecule has 1 aromatic rings. The zero-order chi connectivity index (χ0) is 15.3. The number of ketones is 1. The number of aryl methyl sites for hydroxylation is 1. The summed E-state index contributed by atoms with van der Waals surface area (Å²) in [4.78, 5) is 14.6. The van der Waals surface area contributed by atoms with Gasteiger partial charge in [0.2, 0.25) is 0 Å². The topological polar surface area (TPSA) is 44.1 Å². The Morgan fingerprint density at radius 2 is 1.91 bits per heavy atom. The summed E-state index contributed by atoms with van der Waals surface area (Å²) in [6.45, 7) is 4.01. The number of rotatable bonds is 1. The van der Waals surface area contributed by atoms with Gasteiger partial charge in [0.05, 0.1) is 5.70 Å². The lowest BCUT2D eigenvalue weighted by molar-refractivity contribution is -0.114. The minimum atomic E-state index is -0.0273. The molecule has 2 aliphatic carbocycles. The Labute approximate surface area is 131 Å². The van der Waals surface area contributed by atoms with Crippen LogP contribution < -0.4 is 0 Å². The number of nitriles is 1. The van der Waals surface area contributed by atoms with Crippen LogP contribution in [0, 0.1) is 23.7 Å². The smallest absolute Gasteiger partial charge is 0.179 e. The van der Waals surface area contributed by atoms with E-state index in [0.29, 0.717) is 17.4 Å². The van der Waals surface area contributed by atoms with Crippen molar-refractivity contribution in [2.45, 2.75) is 39.0 Å². The third-order valence-electron chi connectivity index (χ3n) is 5.60. The number of allylic oxidation sites excluding steroid dienone is 1. The number of carbonyl (C=O) groups is 1. The Kier molecular flexibility index (Phi) is 2.91. The second-order valence-corrected chi connectivity index (χ2v) is 7.08. The molecular weight excluding hydrogens is 272 g/mol. The highest BCUT2D eigenvalue weighted by Gasteiger charge is 2.45. The lowest BCUT2D eigenvalue weighted by Gasteiger charge is -2.37. The van der Waals surface area contributed by atoms with E-state index in [2.05, 4.69) is 30.0 Å². The second-order valence-electron chi connectivity index (χ2n) is 7.08. The van der Waals surface area contributed by atoms with Gasteiger partial charge in [-0.3, -0.25) is 4.79 Å². The summed E-state index contributed by atoms with van der Waals surface area (Å²) in [6, 6.07) is 8.42. The number of likely N-dealkylation sites (tertiary alicyclic amines) is 1. The highest BCUT2D eigenvalue weighted by Crippen LogP contribution is 2.54. The number of Topliss-reactive ketones (excluding diaryl/α,β-unsaturated/α-hetero) is 1. The molecule has 3 aliphatic rings. The van der Waals surface area contributed by atoms with E-state index in [1.54, 1.807) is 0 Å². The molecule has 0 atom stereocenters. The quantitative estimate of drug-likeness (QED) is 0.798. The molecule has 0 unspecified atom stereocenters. The summed E-state index contributed by atoms with van der Waals surface area (Å²) in [6.07, 6.45) is 5.48. The van der Waals surface area contributed by atoms with Gasteiger partial charge < -0.3 is 4.90 Å². The van der Waals surface area contributed by atoms with Crippen molar-refractivity contribution in [3.05, 3.63) is 40.5 Å². The van der Waals surface area contributed by atoms with E-state index in [9.17, 15) is 10.1 Å². The first-order chi connectivity index (χ1) is 10.6. The highest BCUT2D eigenvalue weighted by molar-refractivity contribution is 6.09. The summed E-state index contributed by atoms with van der Waals surface area (Å²) in [5.41, 5.74) is 5.20. The third kappa shape index (κ3) is 2.06. The number of hydrogen-bond donors (Lipinski definition) is 0. The predicted molar refractivity (Wildman–Crippen MR) is 84.9 cm³/mol. The molecule has 1 saturated carbocycles. The maximum Gasteiger partial charge on any atom is 0.179 e. The maximum atomic E-state index is 12.4. The molecule has 0 aromatic heterocycles. The number of piperidine rings is 1. The van der Waals surface area contributed by atoms with Gasteiger partial charge >= 0.3 is 0 Å². The monoisotopic (exact) mass is 292 g/mol. The van der Waals surface area contributed by atoms with E-state index >= 15 is 0 Å². The summed E-state index contributed by atoms with van der Waals surface area (Å²) in [7, 11) is 0. The molecule has 112 valence electrons. The SMILES string of the molecule is Cc1ccc2c(c1)C(N1CCC3(CC1)CC3)=C(C#N)C(=O)C2. The van der Waals surface area contributed by atoms with Crippen molar-refractivity contribution < 1.29 is 4.79 Å². The van der Waals surface area contributed by atoms with Gasteiger partial charge in [0, 0.05) is 25.1 Å². The van der Waals surface area contributed by atoms with Crippen LogP contribution in [-0.4, -0.2) is 23.8 Å². The van der Waals surface area contributed by atoms with Crippen LogP contribution in [0.3, 0.4) is 0 Å². The van der Waals surface area contributed by atoms with E-state index in [1.807, 2.05) is 6.07 Å². The van der Waals surface area contributed by atoms with E-state index < -0.39 is 0 Å². The lowest BCUT2D eigenvalue weighted by Crippen LogP contribution is -2.36. The molecule has 1 spiro atoms. The fraction of sp³-hybridized carbons (Fsp3) is 0.474. The molecule has 0 bridgehead atoms. The molecule has 0 N–H and O–H groups in total. The number of hydrogen-bond acceptors (Lipinski definition) is 3. The van der Waals surface area contributed by atoms with Crippen molar-refractivity contribution in [1.82, 2.24) is 4.90 Å². The van der Waals surface area contributed by atoms with Gasteiger partial charge in [0.15, 0.2) is 5.78 Å². The van der Waals surface area contributed by atoms with Gasteiger partial charge in [-0.15, -0.1) is 0 Å². The standard InChI is InChI=1S/C19H20N2O/c1-13-2-3-14-11-17(22)16(12-20)18(15(14)10-13)21-8-6-19(4-5-19)7-9-21/h2-3,10H,4-9,11H2,1H3. The Morgan fingerprint density at radius 1 is 1.18 bits per heavy atom. The molecular formula is C19H20N2O. The van der Waals surface area contributed by atoms with Crippen LogP contribution in [0.1, 0.15) is 42.4 Å². The van der Waals surface area contributed by atoms with Crippen LogP contribution in [0.4, 0.5) is 0 Å². The molecule has 1 aromatic carbocycles. The zero-order valence-corrected chi connectivity index (χ0v) is 13.0. The van der Waals surface area contributed by atoms with Gasteiger partial charge in [-0.1, -0.05) is 17.7 Å². The van der Waals surface area contributed by atoms with Crippen molar-refractivity contribution in [2.75, 3.05) is 13.1 Å². The average Bonchev–Trinajstić information content (AvgIpc) is 3.27. The minimum absolute atomic E-state index is 0.0273. The Balaban J connectivity index is 1.78. The summed E-state index contributed by atoms with van der Waals surface area (Å²) < 4.78 is 0. The van der Waals surface area contributed by atoms with Crippen LogP contribution in [0.2, 0.25) is 0 Å². The number of carbonyl (C=O) groups excluding carboxylic acids is 1. The Hall–Kier alpha value is -2.08. The van der Waals surface area contributed by atoms with Crippen molar-refractivity contribution >= 4 is 11.5 Å². The van der Waals surface area contributed by atoms with E-state index in [1.165, 1.54) is 31.2 Å². The normalized spacial score (nSPS) is 22.5. The number of fused-ring (bicyclic) bond motifs is 1. The van der Waals surface area contributed by atoms with Crippen molar-refractivity contribution in [2.24, 2.45) is 5.41 Å². The largest absolute Gasteiger partial charge is 0.370 e. The molecule has 3 heteroatoms. The molecule has 1 aliphatic heterocycles. The number of benzene rings is 1. The zero-order valence-electron chi connectivity index (χ0n) is 13.0. The van der Waals surface area contributed by atoms with E-state index in [4.69, 9.17) is 0 Å². The molecule has 4 rings (SSSR count). The molecule has 1 saturated heterocycles. The van der Waals surface area contributed by atoms with Crippen molar-refractivity contribution in [3.63, 3.8) is 0 Å². The Morgan fingerprint density at radius 3 is 2.55 bits per heavy atom. The van der Waals surface area contributed by atoms with E-state index in [0.717, 1.165) is 29.9 Å². The van der Waals surface area contributed by atoms with Crippen LogP contribution in [0.15, 0.2) is 23.8 Å². The van der Waals surface area contributed by atoms with Crippen LogP contribution in [-0.2, 0) is 11.2 Å². The molecule has 0 radical (unpaired) electrons. The number of nitrogens with zero attached hydrogens (tertiary/aromatic N) is 2. The molecule has 2 fully saturated rings. The fourth-order valence-electron chi connectivity index (χ4n) is 3.92.